The summed E-state index contributed by atoms with van der Waals surface area (Å²) in [4.78, 5) is 19.5. The van der Waals surface area contributed by atoms with Crippen molar-refractivity contribution in [1.82, 2.24) is 19.5 Å². The number of amides is 1. The van der Waals surface area contributed by atoms with E-state index < -0.39 is 0 Å². The van der Waals surface area contributed by atoms with Gasteiger partial charge in [-0.15, -0.1) is 5.10 Å². The molecule has 0 radical (unpaired) electrons. The number of hydrogen-bond donors (Lipinski definition) is 2. The summed E-state index contributed by atoms with van der Waals surface area (Å²) < 4.78 is 13.2. The Labute approximate surface area is 215 Å². The zero-order valence-electron chi connectivity index (χ0n) is 20.7. The van der Waals surface area contributed by atoms with E-state index in [-0.39, 0.29) is 5.91 Å². The minimum Gasteiger partial charge on any atom is -0.486 e. The van der Waals surface area contributed by atoms with Crippen LogP contribution < -0.4 is 20.1 Å². The van der Waals surface area contributed by atoms with E-state index in [1.807, 2.05) is 60.7 Å². The maximum atomic E-state index is 12.5. The number of hydrogen-bond acceptors (Lipinski definition) is 7. The van der Waals surface area contributed by atoms with Crippen molar-refractivity contribution in [3.8, 4) is 22.8 Å². The molecule has 2 aliphatic heterocycles. The molecule has 2 aromatic heterocycles. The van der Waals surface area contributed by atoms with Crippen molar-refractivity contribution in [2.45, 2.75) is 25.7 Å². The van der Waals surface area contributed by atoms with Gasteiger partial charge in [0, 0.05) is 29.9 Å². The number of carbonyl (C=O) groups excluding carboxylic acids is 1. The highest BCUT2D eigenvalue weighted by Crippen LogP contribution is 2.34. The van der Waals surface area contributed by atoms with Gasteiger partial charge in [0.1, 0.15) is 13.2 Å². The molecule has 4 heterocycles. The second-order valence-electron chi connectivity index (χ2n) is 9.38. The summed E-state index contributed by atoms with van der Waals surface area (Å²) in [5.41, 5.74) is 4.11. The number of rotatable bonds is 7. The maximum Gasteiger partial charge on any atom is 0.247 e. The lowest BCUT2D eigenvalue weighted by Gasteiger charge is -2.25. The van der Waals surface area contributed by atoms with Gasteiger partial charge in [0.25, 0.3) is 0 Å². The number of anilines is 3. The van der Waals surface area contributed by atoms with Gasteiger partial charge in [-0.25, -0.2) is 4.52 Å². The lowest BCUT2D eigenvalue weighted by molar-refractivity contribution is -0.116. The molecule has 6 rings (SSSR count). The highest BCUT2D eigenvalue weighted by molar-refractivity contribution is 5.91. The summed E-state index contributed by atoms with van der Waals surface area (Å²) >= 11 is 0. The molecule has 0 aliphatic carbocycles. The van der Waals surface area contributed by atoms with E-state index in [0.717, 1.165) is 59.4 Å². The van der Waals surface area contributed by atoms with Crippen molar-refractivity contribution in [3.05, 3.63) is 60.7 Å². The number of aromatic nitrogens is 3. The van der Waals surface area contributed by atoms with E-state index in [1.165, 1.54) is 19.3 Å². The molecule has 9 heteroatoms. The zero-order valence-corrected chi connectivity index (χ0v) is 20.7. The van der Waals surface area contributed by atoms with Gasteiger partial charge in [-0.2, -0.15) is 4.98 Å². The van der Waals surface area contributed by atoms with Crippen LogP contribution in [-0.2, 0) is 4.79 Å². The van der Waals surface area contributed by atoms with E-state index in [9.17, 15) is 4.79 Å². The van der Waals surface area contributed by atoms with Crippen LogP contribution in [-0.4, -0.2) is 58.3 Å². The van der Waals surface area contributed by atoms with Gasteiger partial charge in [0.15, 0.2) is 17.1 Å². The first-order chi connectivity index (χ1) is 18.2. The summed E-state index contributed by atoms with van der Waals surface area (Å²) in [6.07, 6.45) is 4.24. The molecule has 2 N–H and O–H groups in total. The Bertz CT molecular complexity index is 1410. The number of nitrogens with zero attached hydrogens (tertiary/aromatic N) is 4. The molecule has 0 bridgehead atoms. The molecule has 190 valence electrons. The lowest BCUT2D eigenvalue weighted by Crippen LogP contribution is -2.32. The predicted molar refractivity (Wildman–Crippen MR) is 143 cm³/mol. The second-order valence-corrected chi connectivity index (χ2v) is 9.38. The number of piperidine rings is 1. The highest BCUT2D eigenvalue weighted by atomic mass is 16.6. The number of likely N-dealkylation sites (tertiary alicyclic amines) is 1. The van der Waals surface area contributed by atoms with Crippen molar-refractivity contribution < 1.29 is 14.3 Å². The zero-order chi connectivity index (χ0) is 25.0. The quantitative estimate of drug-likeness (QED) is 0.381. The smallest absolute Gasteiger partial charge is 0.247 e. The second kappa shape index (κ2) is 10.5. The molecule has 1 saturated heterocycles. The van der Waals surface area contributed by atoms with Gasteiger partial charge in [-0.1, -0.05) is 18.6 Å². The molecule has 0 unspecified atom stereocenters. The Morgan fingerprint density at radius 1 is 0.892 bits per heavy atom. The first-order valence-electron chi connectivity index (χ1n) is 12.9. The number of nitrogens with one attached hydrogen (secondary N) is 2. The Morgan fingerprint density at radius 3 is 2.59 bits per heavy atom. The molecule has 1 fully saturated rings. The monoisotopic (exact) mass is 498 g/mol. The Morgan fingerprint density at radius 2 is 1.70 bits per heavy atom. The van der Waals surface area contributed by atoms with E-state index in [2.05, 4.69) is 20.5 Å². The van der Waals surface area contributed by atoms with Crippen molar-refractivity contribution in [3.63, 3.8) is 0 Å². The van der Waals surface area contributed by atoms with Crippen LogP contribution in [0.4, 0.5) is 17.3 Å². The summed E-state index contributed by atoms with van der Waals surface area (Å²) in [7, 11) is 0. The molecule has 37 heavy (non-hydrogen) atoms. The number of carbonyl (C=O) groups is 1. The third kappa shape index (κ3) is 5.36. The fourth-order valence-electron chi connectivity index (χ4n) is 4.85. The number of pyridine rings is 1. The Kier molecular flexibility index (Phi) is 6.60. The third-order valence-electron chi connectivity index (χ3n) is 6.70. The van der Waals surface area contributed by atoms with E-state index in [1.54, 1.807) is 4.52 Å². The molecule has 9 nitrogen and oxygen atoms in total. The Hall–Kier alpha value is -4.11. The van der Waals surface area contributed by atoms with E-state index in [4.69, 9.17) is 14.6 Å². The standard InChI is InChI=1S/C28H30N6O3/c35-27(12-15-33-13-2-1-3-14-33)29-21-6-4-7-22(19-21)30-28-31-26-9-5-8-23(34(26)32-28)20-10-11-24-25(18-20)37-17-16-36-24/h4-11,18-19H,1-3,12-17H2,(H,29,35)(H,30,32). The summed E-state index contributed by atoms with van der Waals surface area (Å²) in [5.74, 6) is 1.98. The van der Waals surface area contributed by atoms with Crippen LogP contribution in [0, 0.1) is 0 Å². The molecule has 0 saturated carbocycles. The minimum atomic E-state index is 0.0256. The van der Waals surface area contributed by atoms with Crippen LogP contribution in [0.3, 0.4) is 0 Å². The van der Waals surface area contributed by atoms with Crippen molar-refractivity contribution >= 4 is 28.9 Å². The number of ether oxygens (including phenoxy) is 2. The topological polar surface area (TPSA) is 93.0 Å². The van der Waals surface area contributed by atoms with E-state index >= 15 is 0 Å². The third-order valence-corrected chi connectivity index (χ3v) is 6.70. The van der Waals surface area contributed by atoms with Gasteiger partial charge >= 0.3 is 0 Å². The summed E-state index contributed by atoms with van der Waals surface area (Å²) in [6.45, 7) is 4.09. The van der Waals surface area contributed by atoms with Gasteiger partial charge < -0.3 is 25.0 Å². The van der Waals surface area contributed by atoms with Crippen LogP contribution in [0.15, 0.2) is 60.7 Å². The normalized spacial score (nSPS) is 15.5. The van der Waals surface area contributed by atoms with Crippen LogP contribution >= 0.6 is 0 Å². The predicted octanol–water partition coefficient (Wildman–Crippen LogP) is 4.73. The van der Waals surface area contributed by atoms with Crippen molar-refractivity contribution in [1.29, 1.82) is 0 Å². The van der Waals surface area contributed by atoms with E-state index in [0.29, 0.717) is 25.6 Å². The van der Waals surface area contributed by atoms with Crippen LogP contribution in [0.5, 0.6) is 11.5 Å². The lowest BCUT2D eigenvalue weighted by atomic mass is 10.1. The van der Waals surface area contributed by atoms with Crippen LogP contribution in [0.1, 0.15) is 25.7 Å². The average molecular weight is 499 g/mol. The fraction of sp³-hybridized carbons (Fsp3) is 0.321. The summed E-state index contributed by atoms with van der Waals surface area (Å²) in [6, 6.07) is 19.4. The molecule has 0 spiro atoms. The molecule has 4 aromatic rings. The van der Waals surface area contributed by atoms with Crippen LogP contribution in [0.2, 0.25) is 0 Å². The minimum absolute atomic E-state index is 0.0256. The SMILES string of the molecule is O=C(CCN1CCCCC1)Nc1cccc(Nc2nc3cccc(-c4ccc5c(c4)OCCO5)n3n2)c1. The fourth-order valence-corrected chi connectivity index (χ4v) is 4.85. The molecule has 2 aromatic carbocycles. The van der Waals surface area contributed by atoms with Gasteiger partial charge in [0.05, 0.1) is 5.69 Å². The molecule has 2 aliphatic rings. The van der Waals surface area contributed by atoms with Crippen LogP contribution in [0.25, 0.3) is 16.9 Å². The molecular weight excluding hydrogens is 468 g/mol. The Balaban J connectivity index is 1.15. The van der Waals surface area contributed by atoms with Gasteiger partial charge in [0.2, 0.25) is 11.9 Å². The first kappa shape index (κ1) is 23.3. The van der Waals surface area contributed by atoms with Gasteiger partial charge in [-0.05, 0) is 74.5 Å². The van der Waals surface area contributed by atoms with Crippen molar-refractivity contribution in [2.24, 2.45) is 0 Å². The average Bonchev–Trinajstić information content (AvgIpc) is 3.35. The molecule has 0 atom stereocenters. The summed E-state index contributed by atoms with van der Waals surface area (Å²) in [5, 5.41) is 11.0. The largest absolute Gasteiger partial charge is 0.486 e. The number of benzene rings is 2. The number of fused-ring (bicyclic) bond motifs is 2. The maximum absolute atomic E-state index is 12.5. The first-order valence-corrected chi connectivity index (χ1v) is 12.9. The highest BCUT2D eigenvalue weighted by Gasteiger charge is 2.16. The molecular formula is C28H30N6O3. The van der Waals surface area contributed by atoms with Gasteiger partial charge in [-0.3, -0.25) is 4.79 Å². The van der Waals surface area contributed by atoms with Crippen molar-refractivity contribution in [2.75, 3.05) is 43.5 Å². The molecule has 1 amide bonds.